The Morgan fingerprint density at radius 1 is 1.38 bits per heavy atom. The molecule has 2 rings (SSSR count). The van der Waals surface area contributed by atoms with Gasteiger partial charge in [0.1, 0.15) is 6.04 Å². The Balaban J connectivity index is 2.17. The van der Waals surface area contributed by atoms with Gasteiger partial charge < -0.3 is 21.1 Å². The Labute approximate surface area is 127 Å². The number of benzene rings is 1. The summed E-state index contributed by atoms with van der Waals surface area (Å²) < 4.78 is 0. The smallest absolute Gasteiger partial charge is 0.326 e. The van der Waals surface area contributed by atoms with Crippen molar-refractivity contribution in [3.8, 4) is 0 Å². The SMILES string of the molecule is N[C@@H](CS)C(=O)N[C@@H](Cc1c[nH]c2ccccc12)C(=O)O. The van der Waals surface area contributed by atoms with E-state index in [1.807, 2.05) is 24.3 Å². The molecule has 0 saturated carbocycles. The fraction of sp³-hybridized carbons (Fsp3) is 0.286. The van der Waals surface area contributed by atoms with Crippen molar-refractivity contribution in [1.82, 2.24) is 10.3 Å². The Bertz CT molecular complexity index is 656. The van der Waals surface area contributed by atoms with Crippen molar-refractivity contribution >= 4 is 35.4 Å². The van der Waals surface area contributed by atoms with Crippen LogP contribution in [0.1, 0.15) is 5.56 Å². The number of nitrogens with one attached hydrogen (secondary N) is 2. The molecular weight excluding hydrogens is 290 g/mol. The van der Waals surface area contributed by atoms with Crippen LogP contribution in [0.4, 0.5) is 0 Å². The first-order chi connectivity index (χ1) is 10.0. The van der Waals surface area contributed by atoms with Gasteiger partial charge in [0.15, 0.2) is 0 Å². The van der Waals surface area contributed by atoms with E-state index in [0.717, 1.165) is 16.5 Å². The number of aromatic amines is 1. The van der Waals surface area contributed by atoms with Crippen LogP contribution in [0, 0.1) is 0 Å². The topological polar surface area (TPSA) is 108 Å². The van der Waals surface area contributed by atoms with Gasteiger partial charge in [0.05, 0.1) is 6.04 Å². The number of carboxylic acid groups (broad SMARTS) is 1. The van der Waals surface area contributed by atoms with E-state index in [2.05, 4.69) is 22.9 Å². The molecule has 7 heteroatoms. The van der Waals surface area contributed by atoms with Crippen LogP contribution in [0.15, 0.2) is 30.5 Å². The molecule has 1 aromatic carbocycles. The molecule has 0 fully saturated rings. The maximum atomic E-state index is 11.7. The van der Waals surface area contributed by atoms with E-state index in [-0.39, 0.29) is 12.2 Å². The molecule has 0 unspecified atom stereocenters. The van der Waals surface area contributed by atoms with Crippen molar-refractivity contribution in [3.05, 3.63) is 36.0 Å². The summed E-state index contributed by atoms with van der Waals surface area (Å²) in [7, 11) is 0. The second kappa shape index (κ2) is 6.64. The van der Waals surface area contributed by atoms with E-state index in [1.165, 1.54) is 0 Å². The number of aromatic nitrogens is 1. The number of carbonyl (C=O) groups is 2. The van der Waals surface area contributed by atoms with E-state index in [0.29, 0.717) is 0 Å². The number of fused-ring (bicyclic) bond motifs is 1. The summed E-state index contributed by atoms with van der Waals surface area (Å²) in [6.45, 7) is 0. The first kappa shape index (κ1) is 15.4. The fourth-order valence-electron chi connectivity index (χ4n) is 2.08. The molecule has 0 bridgehead atoms. The van der Waals surface area contributed by atoms with Crippen LogP contribution in [-0.2, 0) is 16.0 Å². The van der Waals surface area contributed by atoms with Crippen LogP contribution >= 0.6 is 12.6 Å². The molecule has 5 N–H and O–H groups in total. The van der Waals surface area contributed by atoms with Gasteiger partial charge in [-0.25, -0.2) is 4.79 Å². The summed E-state index contributed by atoms with van der Waals surface area (Å²) in [6, 6.07) is 5.74. The number of rotatable bonds is 6. The first-order valence-corrected chi connectivity index (χ1v) is 7.10. The molecule has 2 aromatic rings. The van der Waals surface area contributed by atoms with Gasteiger partial charge in [-0.1, -0.05) is 18.2 Å². The lowest BCUT2D eigenvalue weighted by molar-refractivity contribution is -0.141. The quantitative estimate of drug-likeness (QED) is 0.502. The molecule has 0 aliphatic heterocycles. The van der Waals surface area contributed by atoms with Crippen molar-refractivity contribution < 1.29 is 14.7 Å². The van der Waals surface area contributed by atoms with E-state index in [4.69, 9.17) is 5.73 Å². The van der Waals surface area contributed by atoms with Crippen LogP contribution in [0.3, 0.4) is 0 Å². The average Bonchev–Trinajstić information content (AvgIpc) is 2.88. The van der Waals surface area contributed by atoms with Gasteiger partial charge >= 0.3 is 5.97 Å². The molecule has 0 aliphatic carbocycles. The van der Waals surface area contributed by atoms with E-state index < -0.39 is 24.0 Å². The molecular formula is C14H17N3O3S. The fourth-order valence-corrected chi connectivity index (χ4v) is 2.25. The monoisotopic (exact) mass is 307 g/mol. The van der Waals surface area contributed by atoms with Gasteiger partial charge in [-0.05, 0) is 11.6 Å². The van der Waals surface area contributed by atoms with Gasteiger partial charge in [-0.3, -0.25) is 4.79 Å². The van der Waals surface area contributed by atoms with Crippen LogP contribution < -0.4 is 11.1 Å². The number of hydrogen-bond acceptors (Lipinski definition) is 4. The number of hydrogen-bond donors (Lipinski definition) is 5. The molecule has 0 radical (unpaired) electrons. The second-order valence-electron chi connectivity index (χ2n) is 4.75. The summed E-state index contributed by atoms with van der Waals surface area (Å²) in [5.41, 5.74) is 7.30. The lowest BCUT2D eigenvalue weighted by atomic mass is 10.0. The van der Waals surface area contributed by atoms with E-state index >= 15 is 0 Å². The summed E-state index contributed by atoms with van der Waals surface area (Å²) >= 11 is 3.93. The predicted molar refractivity (Wildman–Crippen MR) is 83.4 cm³/mol. The summed E-state index contributed by atoms with van der Waals surface area (Å²) in [5, 5.41) is 12.6. The van der Waals surface area contributed by atoms with Crippen molar-refractivity contribution in [2.75, 3.05) is 5.75 Å². The first-order valence-electron chi connectivity index (χ1n) is 6.47. The minimum absolute atomic E-state index is 0.158. The molecule has 0 aliphatic rings. The molecule has 0 spiro atoms. The predicted octanol–water partition coefficient (Wildman–Crippen LogP) is 0.537. The van der Waals surface area contributed by atoms with Crippen molar-refractivity contribution in [2.24, 2.45) is 5.73 Å². The molecule has 0 saturated heterocycles. The van der Waals surface area contributed by atoms with Crippen LogP contribution in [0.5, 0.6) is 0 Å². The molecule has 1 heterocycles. The van der Waals surface area contributed by atoms with Crippen LogP contribution in [0.25, 0.3) is 10.9 Å². The Morgan fingerprint density at radius 3 is 2.76 bits per heavy atom. The summed E-state index contributed by atoms with van der Waals surface area (Å²) in [5.74, 6) is -1.46. The highest BCUT2D eigenvalue weighted by Gasteiger charge is 2.24. The second-order valence-corrected chi connectivity index (χ2v) is 5.12. The molecule has 2 atom stereocenters. The third kappa shape index (κ3) is 3.56. The number of carbonyl (C=O) groups excluding carboxylic acids is 1. The minimum atomic E-state index is -1.10. The van der Waals surface area contributed by atoms with E-state index in [9.17, 15) is 14.7 Å². The Kier molecular flexibility index (Phi) is 4.87. The normalized spacial score (nSPS) is 13.8. The largest absolute Gasteiger partial charge is 0.480 e. The number of carboxylic acids is 1. The van der Waals surface area contributed by atoms with Gasteiger partial charge in [-0.2, -0.15) is 12.6 Å². The number of thiol groups is 1. The third-order valence-electron chi connectivity index (χ3n) is 3.25. The molecule has 6 nitrogen and oxygen atoms in total. The number of amides is 1. The number of para-hydroxylation sites is 1. The third-order valence-corrected chi connectivity index (χ3v) is 3.64. The zero-order valence-corrected chi connectivity index (χ0v) is 12.1. The average molecular weight is 307 g/mol. The lowest BCUT2D eigenvalue weighted by Crippen LogP contribution is -2.50. The summed E-state index contributed by atoms with van der Waals surface area (Å²) in [6.07, 6.45) is 1.94. The lowest BCUT2D eigenvalue weighted by Gasteiger charge is -2.16. The zero-order chi connectivity index (χ0) is 15.4. The number of aliphatic carboxylic acids is 1. The Hall–Kier alpha value is -1.99. The molecule has 1 aromatic heterocycles. The molecule has 1 amide bonds. The van der Waals surface area contributed by atoms with Crippen LogP contribution in [0.2, 0.25) is 0 Å². The van der Waals surface area contributed by atoms with Crippen LogP contribution in [-0.4, -0.2) is 39.8 Å². The highest BCUT2D eigenvalue weighted by molar-refractivity contribution is 7.80. The standard InChI is InChI=1S/C14H17N3O3S/c15-10(7-21)13(18)17-12(14(19)20)5-8-6-16-11-4-2-1-3-9(8)11/h1-4,6,10,12,16,21H,5,7,15H2,(H,17,18)(H,19,20)/t10-,12-/m0/s1. The number of nitrogens with two attached hydrogens (primary N) is 1. The Morgan fingerprint density at radius 2 is 2.10 bits per heavy atom. The minimum Gasteiger partial charge on any atom is -0.480 e. The molecule has 112 valence electrons. The van der Waals surface area contributed by atoms with Crippen molar-refractivity contribution in [3.63, 3.8) is 0 Å². The van der Waals surface area contributed by atoms with Gasteiger partial charge in [0, 0.05) is 29.3 Å². The molecule has 21 heavy (non-hydrogen) atoms. The van der Waals surface area contributed by atoms with E-state index in [1.54, 1.807) is 6.20 Å². The van der Waals surface area contributed by atoms with Gasteiger partial charge in [0.2, 0.25) is 5.91 Å². The number of H-pyrrole nitrogens is 1. The van der Waals surface area contributed by atoms with Crippen molar-refractivity contribution in [2.45, 2.75) is 18.5 Å². The van der Waals surface area contributed by atoms with Gasteiger partial charge in [0.25, 0.3) is 0 Å². The zero-order valence-electron chi connectivity index (χ0n) is 11.2. The maximum Gasteiger partial charge on any atom is 0.326 e. The van der Waals surface area contributed by atoms with Crippen molar-refractivity contribution in [1.29, 1.82) is 0 Å². The highest BCUT2D eigenvalue weighted by atomic mass is 32.1. The van der Waals surface area contributed by atoms with Gasteiger partial charge in [-0.15, -0.1) is 0 Å². The highest BCUT2D eigenvalue weighted by Crippen LogP contribution is 2.19. The maximum absolute atomic E-state index is 11.7. The summed E-state index contributed by atoms with van der Waals surface area (Å²) in [4.78, 5) is 26.1.